The molecule has 0 bridgehead atoms. The lowest BCUT2D eigenvalue weighted by Crippen LogP contribution is -2.10. The first kappa shape index (κ1) is 13.4. The van der Waals surface area contributed by atoms with E-state index < -0.39 is 0 Å². The van der Waals surface area contributed by atoms with E-state index in [1.807, 2.05) is 6.92 Å². The first-order valence-corrected chi connectivity index (χ1v) is 5.82. The second-order valence-corrected chi connectivity index (χ2v) is 5.50. The van der Waals surface area contributed by atoms with Crippen molar-refractivity contribution >= 4 is 11.6 Å². The second kappa shape index (κ2) is 5.60. The summed E-state index contributed by atoms with van der Waals surface area (Å²) in [4.78, 5) is 8.34. The number of rotatable bonds is 4. The van der Waals surface area contributed by atoms with Crippen LogP contribution in [0.1, 0.15) is 38.7 Å². The lowest BCUT2D eigenvalue weighted by molar-refractivity contribution is 0.0916. The van der Waals surface area contributed by atoms with Crippen LogP contribution in [0, 0.1) is 12.3 Å². The molecule has 0 saturated heterocycles. The highest BCUT2D eigenvalue weighted by Crippen LogP contribution is 2.18. The summed E-state index contributed by atoms with van der Waals surface area (Å²) in [5.41, 5.74) is 1.17. The monoisotopic (exact) mass is 242 g/mol. The average Bonchev–Trinajstić information content (AvgIpc) is 2.09. The molecule has 0 N–H and O–H groups in total. The van der Waals surface area contributed by atoms with E-state index >= 15 is 0 Å². The molecule has 0 atom stereocenters. The summed E-state index contributed by atoms with van der Waals surface area (Å²) in [5.74, 6) is 0.652. The van der Waals surface area contributed by atoms with Gasteiger partial charge in [-0.3, -0.25) is 0 Å². The van der Waals surface area contributed by atoms with Crippen molar-refractivity contribution in [1.29, 1.82) is 0 Å². The van der Waals surface area contributed by atoms with Gasteiger partial charge in [0.05, 0.1) is 0 Å². The highest BCUT2D eigenvalue weighted by atomic mass is 35.5. The van der Waals surface area contributed by atoms with Crippen LogP contribution in [0.5, 0.6) is 0 Å². The van der Waals surface area contributed by atoms with Gasteiger partial charge < -0.3 is 4.74 Å². The zero-order valence-corrected chi connectivity index (χ0v) is 11.1. The zero-order chi connectivity index (χ0) is 12.2. The molecule has 3 nitrogen and oxygen atoms in total. The van der Waals surface area contributed by atoms with Crippen LogP contribution in [0.25, 0.3) is 0 Å². The summed E-state index contributed by atoms with van der Waals surface area (Å²) in [5, 5.41) is 0.474. The Morgan fingerprint density at radius 1 is 1.31 bits per heavy atom. The molecule has 0 aromatic carbocycles. The van der Waals surface area contributed by atoms with E-state index in [2.05, 4.69) is 30.7 Å². The predicted molar refractivity (Wildman–Crippen MR) is 65.5 cm³/mol. The Morgan fingerprint density at radius 3 is 2.56 bits per heavy atom. The molecule has 0 spiro atoms. The molecule has 1 rings (SSSR count). The van der Waals surface area contributed by atoms with Crippen LogP contribution in [-0.4, -0.2) is 16.6 Å². The number of ether oxygens (including phenoxy) is 1. The molecule has 0 radical (unpaired) electrons. The third kappa shape index (κ3) is 5.42. The van der Waals surface area contributed by atoms with Crippen molar-refractivity contribution in [3.05, 3.63) is 22.7 Å². The summed E-state index contributed by atoms with van der Waals surface area (Å²) in [6.07, 6.45) is 1.02. The number of nitrogens with zero attached hydrogens (tertiary/aromatic N) is 2. The summed E-state index contributed by atoms with van der Waals surface area (Å²) in [6, 6.07) is 1.74. The van der Waals surface area contributed by atoms with Crippen molar-refractivity contribution in [3.63, 3.8) is 0 Å². The van der Waals surface area contributed by atoms with Crippen LogP contribution in [0.4, 0.5) is 0 Å². The van der Waals surface area contributed by atoms with Gasteiger partial charge in [-0.15, -0.1) is 0 Å². The van der Waals surface area contributed by atoms with Crippen molar-refractivity contribution in [1.82, 2.24) is 9.97 Å². The molecule has 0 aliphatic rings. The van der Waals surface area contributed by atoms with Gasteiger partial charge in [0.15, 0.2) is 5.82 Å². The van der Waals surface area contributed by atoms with E-state index in [1.54, 1.807) is 6.07 Å². The number of hydrogen-bond acceptors (Lipinski definition) is 3. The van der Waals surface area contributed by atoms with E-state index in [-0.39, 0.29) is 0 Å². The molecule has 1 aromatic heterocycles. The number of aromatic nitrogens is 2. The Morgan fingerprint density at radius 2 is 2.00 bits per heavy atom. The number of aryl methyl sites for hydroxylation is 1. The fraction of sp³-hybridized carbons (Fsp3) is 0.667. The van der Waals surface area contributed by atoms with Crippen LogP contribution in [0.15, 0.2) is 6.07 Å². The first-order valence-electron chi connectivity index (χ1n) is 5.45. The minimum Gasteiger partial charge on any atom is -0.373 e. The van der Waals surface area contributed by atoms with Gasteiger partial charge in [-0.25, -0.2) is 9.97 Å². The normalized spacial score (nSPS) is 11.8. The van der Waals surface area contributed by atoms with Gasteiger partial charge in [0.1, 0.15) is 11.8 Å². The van der Waals surface area contributed by atoms with Crippen molar-refractivity contribution in [2.75, 3.05) is 6.61 Å². The SMILES string of the molecule is Cc1cc(Cl)nc(COCCC(C)(C)C)n1. The minimum atomic E-state index is 0.297. The molecule has 16 heavy (non-hydrogen) atoms. The van der Waals surface area contributed by atoms with E-state index in [0.717, 1.165) is 18.7 Å². The quantitative estimate of drug-likeness (QED) is 0.600. The van der Waals surface area contributed by atoms with Crippen molar-refractivity contribution in [2.24, 2.45) is 5.41 Å². The molecule has 0 unspecified atom stereocenters. The van der Waals surface area contributed by atoms with Gasteiger partial charge in [-0.1, -0.05) is 32.4 Å². The predicted octanol–water partition coefficient (Wildman–Crippen LogP) is 3.39. The molecule has 1 heterocycles. The minimum absolute atomic E-state index is 0.297. The summed E-state index contributed by atoms with van der Waals surface area (Å²) in [7, 11) is 0. The van der Waals surface area contributed by atoms with E-state index in [9.17, 15) is 0 Å². The molecule has 1 aromatic rings. The Bertz CT molecular complexity index is 327. The summed E-state index contributed by atoms with van der Waals surface area (Å²) >= 11 is 5.83. The van der Waals surface area contributed by atoms with E-state index in [4.69, 9.17) is 16.3 Å². The Labute approximate surface area is 102 Å². The number of hydrogen-bond donors (Lipinski definition) is 0. The lowest BCUT2D eigenvalue weighted by Gasteiger charge is -2.17. The molecule has 0 aliphatic heterocycles. The van der Waals surface area contributed by atoms with Crippen LogP contribution in [-0.2, 0) is 11.3 Å². The topological polar surface area (TPSA) is 35.0 Å². The van der Waals surface area contributed by atoms with Gasteiger partial charge >= 0.3 is 0 Å². The Balaban J connectivity index is 2.37. The van der Waals surface area contributed by atoms with Gasteiger partial charge in [0.25, 0.3) is 0 Å². The Kier molecular flexibility index (Phi) is 4.69. The molecule has 4 heteroatoms. The van der Waals surface area contributed by atoms with E-state index in [0.29, 0.717) is 23.0 Å². The van der Waals surface area contributed by atoms with Gasteiger partial charge in [0.2, 0.25) is 0 Å². The van der Waals surface area contributed by atoms with Gasteiger partial charge in [-0.2, -0.15) is 0 Å². The van der Waals surface area contributed by atoms with Crippen LogP contribution in [0.2, 0.25) is 5.15 Å². The third-order valence-electron chi connectivity index (χ3n) is 2.10. The van der Waals surface area contributed by atoms with Crippen molar-refractivity contribution in [2.45, 2.75) is 40.7 Å². The van der Waals surface area contributed by atoms with Crippen molar-refractivity contribution < 1.29 is 4.74 Å². The van der Waals surface area contributed by atoms with Crippen LogP contribution < -0.4 is 0 Å². The van der Waals surface area contributed by atoms with Crippen LogP contribution in [0.3, 0.4) is 0 Å². The number of halogens is 1. The zero-order valence-electron chi connectivity index (χ0n) is 10.4. The standard InChI is InChI=1S/C12H19ClN2O/c1-9-7-10(13)15-11(14-9)8-16-6-5-12(2,3)4/h7H,5-6,8H2,1-4H3. The molecule has 0 aliphatic carbocycles. The Hall–Kier alpha value is -0.670. The first-order chi connectivity index (χ1) is 7.37. The third-order valence-corrected chi connectivity index (χ3v) is 2.29. The molecular weight excluding hydrogens is 224 g/mol. The highest BCUT2D eigenvalue weighted by Gasteiger charge is 2.09. The average molecular weight is 243 g/mol. The molecular formula is C12H19ClN2O. The second-order valence-electron chi connectivity index (χ2n) is 5.11. The molecule has 0 fully saturated rings. The molecule has 90 valence electrons. The summed E-state index contributed by atoms with van der Waals surface area (Å²) < 4.78 is 5.52. The fourth-order valence-corrected chi connectivity index (χ4v) is 1.45. The van der Waals surface area contributed by atoms with Crippen molar-refractivity contribution in [3.8, 4) is 0 Å². The maximum Gasteiger partial charge on any atom is 0.155 e. The van der Waals surface area contributed by atoms with Gasteiger partial charge in [-0.05, 0) is 24.8 Å². The highest BCUT2D eigenvalue weighted by molar-refractivity contribution is 6.29. The molecule has 0 amide bonds. The maximum absolute atomic E-state index is 5.83. The lowest BCUT2D eigenvalue weighted by atomic mass is 9.93. The fourth-order valence-electron chi connectivity index (χ4n) is 1.20. The van der Waals surface area contributed by atoms with E-state index in [1.165, 1.54) is 0 Å². The van der Waals surface area contributed by atoms with Gasteiger partial charge in [0, 0.05) is 12.3 Å². The largest absolute Gasteiger partial charge is 0.373 e. The molecule has 0 saturated carbocycles. The maximum atomic E-state index is 5.83. The smallest absolute Gasteiger partial charge is 0.155 e. The summed E-state index contributed by atoms with van der Waals surface area (Å²) in [6.45, 7) is 9.62. The van der Waals surface area contributed by atoms with Crippen LogP contribution >= 0.6 is 11.6 Å².